The number of carbonyl (C=O) groups is 3. The summed E-state index contributed by atoms with van der Waals surface area (Å²) in [6, 6.07) is 13.3. The molecule has 1 aliphatic heterocycles. The molecule has 1 atom stereocenters. The molecule has 3 aromatic carbocycles. The van der Waals surface area contributed by atoms with E-state index in [1.807, 2.05) is 41.5 Å². The molecule has 1 unspecified atom stereocenters. The minimum absolute atomic E-state index is 0.0951. The molecule has 0 bridgehead atoms. The van der Waals surface area contributed by atoms with Gasteiger partial charge in [0.15, 0.2) is 0 Å². The van der Waals surface area contributed by atoms with Gasteiger partial charge in [0.1, 0.15) is 21.8 Å². The maximum absolute atomic E-state index is 14.7. The molecule has 0 aromatic heterocycles. The normalized spacial score (nSPS) is 16.0. The van der Waals surface area contributed by atoms with Crippen molar-refractivity contribution < 1.29 is 32.3 Å². The van der Waals surface area contributed by atoms with E-state index < -0.39 is 32.8 Å². The fourth-order valence-corrected chi connectivity index (χ4v) is 7.79. The molecule has 49 heavy (non-hydrogen) atoms. The number of carbonyl (C=O) groups excluding carboxylic acids is 3. The van der Waals surface area contributed by atoms with Crippen LogP contribution in [-0.2, 0) is 20.2 Å². The number of anilines is 1. The van der Waals surface area contributed by atoms with E-state index in [2.05, 4.69) is 15.5 Å². The fourth-order valence-electron chi connectivity index (χ4n) is 5.83. The number of methoxy groups -OCH3 is 1. The zero-order chi connectivity index (χ0) is 36.3. The van der Waals surface area contributed by atoms with Gasteiger partial charge in [-0.3, -0.25) is 14.4 Å². The number of nitrogens with zero attached hydrogens (tertiary/aromatic N) is 2. The van der Waals surface area contributed by atoms with Crippen molar-refractivity contribution in [1.82, 2.24) is 15.5 Å². The van der Waals surface area contributed by atoms with Crippen LogP contribution in [-0.4, -0.2) is 76.5 Å². The molecule has 13 heteroatoms. The molecule has 264 valence electrons. The predicted octanol–water partition coefficient (Wildman–Crippen LogP) is 5.39. The minimum Gasteiger partial charge on any atom is -0.495 e. The van der Waals surface area contributed by atoms with Crippen molar-refractivity contribution in [3.63, 3.8) is 0 Å². The van der Waals surface area contributed by atoms with Gasteiger partial charge in [-0.05, 0) is 108 Å². The number of amides is 3. The molecule has 0 aliphatic carbocycles. The summed E-state index contributed by atoms with van der Waals surface area (Å²) in [5, 5.41) is 5.93. The molecular formula is C36H45ClN4O7S. The second kappa shape index (κ2) is 14.8. The number of halogens is 1. The topological polar surface area (TPSA) is 134 Å². The third-order valence-corrected chi connectivity index (χ3v) is 10.5. The molecule has 0 saturated heterocycles. The van der Waals surface area contributed by atoms with Gasteiger partial charge in [-0.15, -0.1) is 0 Å². The quantitative estimate of drug-likeness (QED) is 0.241. The monoisotopic (exact) mass is 712 g/mol. The maximum atomic E-state index is 14.7. The molecule has 0 radical (unpaired) electrons. The standard InChI is InChI=1S/C36H45ClN4O7S/c1-9-40(10-2)19-18-38-32(42)23-12-15-28(37)26(20-23)36(7)27-22-25(48-11-3)14-16-29(27)41(34(36)44)49(45,46)31-17-13-24(21-30(31)47-8)33(43)39-35(4,5)6/h12-17,20-22H,9-11,18-19H2,1-8H3,(H,38,42)(H,39,43). The van der Waals surface area contributed by atoms with Gasteiger partial charge >= 0.3 is 0 Å². The summed E-state index contributed by atoms with van der Waals surface area (Å²) in [5.74, 6) is -1.27. The zero-order valence-electron chi connectivity index (χ0n) is 29.3. The van der Waals surface area contributed by atoms with Gasteiger partial charge in [0, 0.05) is 40.3 Å². The first-order valence-electron chi connectivity index (χ1n) is 16.2. The zero-order valence-corrected chi connectivity index (χ0v) is 30.8. The highest BCUT2D eigenvalue weighted by molar-refractivity contribution is 7.93. The minimum atomic E-state index is -4.63. The van der Waals surface area contributed by atoms with Crippen molar-refractivity contribution in [2.45, 2.75) is 64.3 Å². The number of nitrogens with one attached hydrogen (secondary N) is 2. The lowest BCUT2D eigenvalue weighted by Crippen LogP contribution is -2.43. The summed E-state index contributed by atoms with van der Waals surface area (Å²) in [7, 11) is -3.34. The van der Waals surface area contributed by atoms with Gasteiger partial charge < -0.3 is 25.0 Å². The molecule has 0 saturated carbocycles. The Balaban J connectivity index is 1.82. The molecule has 1 aliphatic rings. The van der Waals surface area contributed by atoms with Gasteiger partial charge in [-0.2, -0.15) is 0 Å². The summed E-state index contributed by atoms with van der Waals surface area (Å²) in [6.45, 7) is 16.1. The van der Waals surface area contributed by atoms with Crippen LogP contribution in [0.25, 0.3) is 0 Å². The van der Waals surface area contributed by atoms with Gasteiger partial charge in [0.25, 0.3) is 27.7 Å². The smallest absolute Gasteiger partial charge is 0.274 e. The van der Waals surface area contributed by atoms with Gasteiger partial charge in [-0.25, -0.2) is 12.7 Å². The third-order valence-electron chi connectivity index (χ3n) is 8.46. The van der Waals surface area contributed by atoms with Crippen LogP contribution in [0, 0.1) is 0 Å². The van der Waals surface area contributed by atoms with E-state index in [4.69, 9.17) is 21.1 Å². The van der Waals surface area contributed by atoms with Crippen LogP contribution in [0.15, 0.2) is 59.5 Å². The van der Waals surface area contributed by atoms with Crippen molar-refractivity contribution in [2.24, 2.45) is 0 Å². The Bertz CT molecular complexity index is 1850. The molecule has 4 rings (SSSR count). The highest BCUT2D eigenvalue weighted by Crippen LogP contribution is 2.51. The average Bonchev–Trinajstić information content (AvgIpc) is 3.28. The van der Waals surface area contributed by atoms with Crippen LogP contribution in [0.3, 0.4) is 0 Å². The van der Waals surface area contributed by atoms with Crippen molar-refractivity contribution in [1.29, 1.82) is 0 Å². The first kappa shape index (κ1) is 37.7. The highest BCUT2D eigenvalue weighted by Gasteiger charge is 2.54. The first-order chi connectivity index (χ1) is 23.0. The second-order valence-corrected chi connectivity index (χ2v) is 15.0. The number of fused-ring (bicyclic) bond motifs is 1. The largest absolute Gasteiger partial charge is 0.495 e. The second-order valence-electron chi connectivity index (χ2n) is 12.9. The van der Waals surface area contributed by atoms with Gasteiger partial charge in [0.05, 0.1) is 19.4 Å². The van der Waals surface area contributed by atoms with Crippen molar-refractivity contribution >= 4 is 45.0 Å². The summed E-state index contributed by atoms with van der Waals surface area (Å²) in [4.78, 5) is 42.7. The number of likely N-dealkylation sites (N-methyl/N-ethyl adjacent to an activating group) is 1. The molecule has 2 N–H and O–H groups in total. The van der Waals surface area contributed by atoms with Gasteiger partial charge in [0.2, 0.25) is 0 Å². The Morgan fingerprint density at radius 2 is 1.59 bits per heavy atom. The summed E-state index contributed by atoms with van der Waals surface area (Å²) in [6.07, 6.45) is 0. The lowest BCUT2D eigenvalue weighted by molar-refractivity contribution is -0.120. The Kier molecular flexibility index (Phi) is 11.4. The first-order valence-corrected chi connectivity index (χ1v) is 18.0. The SMILES string of the molecule is CCOc1ccc2c(c1)C(C)(c1cc(C(=O)NCCN(CC)CC)ccc1Cl)C(=O)N2S(=O)(=O)c1ccc(C(=O)NC(C)(C)C)cc1OC. The summed E-state index contributed by atoms with van der Waals surface area (Å²) < 4.78 is 40.9. The van der Waals surface area contributed by atoms with Crippen molar-refractivity contribution in [3.8, 4) is 11.5 Å². The number of hydrogen-bond donors (Lipinski definition) is 2. The van der Waals surface area contributed by atoms with Crippen LogP contribution >= 0.6 is 11.6 Å². The van der Waals surface area contributed by atoms with Crippen LogP contribution in [0.5, 0.6) is 11.5 Å². The van der Waals surface area contributed by atoms with E-state index >= 15 is 0 Å². The Morgan fingerprint density at radius 1 is 0.939 bits per heavy atom. The van der Waals surface area contributed by atoms with E-state index in [0.717, 1.165) is 17.4 Å². The molecule has 3 aromatic rings. The molecule has 0 fully saturated rings. The lowest BCUT2D eigenvalue weighted by atomic mass is 9.76. The maximum Gasteiger partial charge on any atom is 0.274 e. The van der Waals surface area contributed by atoms with Crippen molar-refractivity contribution in [3.05, 3.63) is 81.9 Å². The lowest BCUT2D eigenvalue weighted by Gasteiger charge is -2.27. The number of ether oxygens (including phenoxy) is 2. The predicted molar refractivity (Wildman–Crippen MR) is 191 cm³/mol. The van der Waals surface area contributed by atoms with Crippen molar-refractivity contribution in [2.75, 3.05) is 44.2 Å². The van der Waals surface area contributed by atoms with E-state index in [1.165, 1.54) is 43.5 Å². The van der Waals surface area contributed by atoms with Crippen LogP contribution in [0.2, 0.25) is 5.02 Å². The Labute approximate surface area is 294 Å². The van der Waals surface area contributed by atoms with E-state index in [1.54, 1.807) is 25.1 Å². The summed E-state index contributed by atoms with van der Waals surface area (Å²) >= 11 is 6.76. The number of benzene rings is 3. The molecular weight excluding hydrogens is 668 g/mol. The van der Waals surface area contributed by atoms with E-state index in [-0.39, 0.29) is 44.0 Å². The highest BCUT2D eigenvalue weighted by atomic mass is 35.5. The Hall–Kier alpha value is -4.13. The van der Waals surface area contributed by atoms with E-state index in [9.17, 15) is 22.8 Å². The number of sulfonamides is 1. The van der Waals surface area contributed by atoms with Crippen LogP contribution in [0.1, 0.15) is 80.3 Å². The number of rotatable bonds is 13. The molecule has 1 heterocycles. The third kappa shape index (κ3) is 7.56. The number of hydrogen-bond acceptors (Lipinski definition) is 8. The average molecular weight is 713 g/mol. The van der Waals surface area contributed by atoms with E-state index in [0.29, 0.717) is 31.0 Å². The van der Waals surface area contributed by atoms with Crippen LogP contribution in [0.4, 0.5) is 5.69 Å². The molecule has 0 spiro atoms. The Morgan fingerprint density at radius 3 is 2.20 bits per heavy atom. The summed E-state index contributed by atoms with van der Waals surface area (Å²) in [5.41, 5.74) is -1.05. The fraction of sp³-hybridized carbons (Fsp3) is 0.417. The van der Waals surface area contributed by atoms with Crippen LogP contribution < -0.4 is 24.4 Å². The van der Waals surface area contributed by atoms with Gasteiger partial charge in [-0.1, -0.05) is 25.4 Å². The molecule has 11 nitrogen and oxygen atoms in total. The molecule has 3 amide bonds.